The Morgan fingerprint density at radius 3 is 2.62 bits per heavy atom. The average molecular weight is 250 g/mol. The molecular formula is C10H20NO4S. The molecule has 95 valence electrons. The van der Waals surface area contributed by atoms with Crippen molar-refractivity contribution in [2.75, 3.05) is 12.3 Å². The summed E-state index contributed by atoms with van der Waals surface area (Å²) in [6.45, 7) is 2.10. The summed E-state index contributed by atoms with van der Waals surface area (Å²) in [5.74, 6) is -0.166. The summed E-state index contributed by atoms with van der Waals surface area (Å²) in [5, 5.41) is 18.8. The Hall–Kier alpha value is -0.170. The van der Waals surface area contributed by atoms with Crippen molar-refractivity contribution in [2.45, 2.75) is 38.4 Å². The molecule has 5 nitrogen and oxygen atoms in total. The molecule has 3 unspecified atom stereocenters. The van der Waals surface area contributed by atoms with Crippen molar-refractivity contribution in [1.29, 1.82) is 0 Å². The summed E-state index contributed by atoms with van der Waals surface area (Å²) >= 11 is 0. The number of hydrogen-bond acceptors (Lipinski definition) is 4. The third-order valence-corrected chi connectivity index (χ3v) is 4.18. The van der Waals surface area contributed by atoms with E-state index in [1.807, 2.05) is 6.92 Å². The van der Waals surface area contributed by atoms with Gasteiger partial charge >= 0.3 is 0 Å². The number of aliphatic hydroxyl groups excluding tert-OH is 2. The molecule has 0 spiro atoms. The second-order valence-corrected chi connectivity index (χ2v) is 6.17. The first-order valence-electron chi connectivity index (χ1n) is 5.63. The van der Waals surface area contributed by atoms with E-state index in [1.54, 1.807) is 6.42 Å². The fraction of sp³-hybridized carbons (Fsp3) is 0.900. The van der Waals surface area contributed by atoms with E-state index in [0.29, 0.717) is 12.8 Å². The predicted octanol–water partition coefficient (Wildman–Crippen LogP) is -0.348. The summed E-state index contributed by atoms with van der Waals surface area (Å²) in [5.41, 5.74) is 0. The second kappa shape index (κ2) is 5.95. The van der Waals surface area contributed by atoms with Crippen LogP contribution in [-0.2, 0) is 10.0 Å². The van der Waals surface area contributed by atoms with E-state index in [-0.39, 0.29) is 18.2 Å². The molecule has 3 N–H and O–H groups in total. The first kappa shape index (κ1) is 13.9. The van der Waals surface area contributed by atoms with Gasteiger partial charge in [-0.2, -0.15) is 0 Å². The molecule has 1 aliphatic rings. The quantitative estimate of drug-likeness (QED) is 0.601. The lowest BCUT2D eigenvalue weighted by atomic mass is 10.1. The standard InChI is InChI=1S/C10H20NO4S/c1-2-3-4-16(14,15)11-7-8-5-9(12)6-10(8)13/h5,8-13H,2-4,6-7H2,1H3. The highest BCUT2D eigenvalue weighted by Gasteiger charge is 2.32. The molecule has 1 fully saturated rings. The zero-order valence-corrected chi connectivity index (χ0v) is 10.3. The minimum atomic E-state index is -3.23. The molecule has 0 saturated heterocycles. The molecule has 0 aromatic carbocycles. The highest BCUT2D eigenvalue weighted by Crippen LogP contribution is 2.24. The molecule has 0 amide bonds. The van der Waals surface area contributed by atoms with E-state index in [0.717, 1.165) is 6.42 Å². The summed E-state index contributed by atoms with van der Waals surface area (Å²) in [6, 6.07) is 0. The summed E-state index contributed by atoms with van der Waals surface area (Å²) in [4.78, 5) is 0. The second-order valence-electron chi connectivity index (χ2n) is 4.25. The van der Waals surface area contributed by atoms with Crippen LogP contribution < -0.4 is 4.72 Å². The van der Waals surface area contributed by atoms with Gasteiger partial charge in [0, 0.05) is 12.5 Å². The van der Waals surface area contributed by atoms with E-state index < -0.39 is 22.2 Å². The van der Waals surface area contributed by atoms with Crippen molar-refractivity contribution < 1.29 is 18.6 Å². The predicted molar refractivity (Wildman–Crippen MR) is 61.1 cm³/mol. The van der Waals surface area contributed by atoms with Gasteiger partial charge in [-0.05, 0) is 19.3 Å². The Bertz CT molecular complexity index is 304. The minimum Gasteiger partial charge on any atom is -0.393 e. The summed E-state index contributed by atoms with van der Waals surface area (Å²) in [7, 11) is -3.23. The van der Waals surface area contributed by atoms with Crippen LogP contribution in [0.4, 0.5) is 0 Å². The highest BCUT2D eigenvalue weighted by atomic mass is 32.2. The van der Waals surface area contributed by atoms with Gasteiger partial charge in [-0.3, -0.25) is 0 Å². The highest BCUT2D eigenvalue weighted by molar-refractivity contribution is 7.89. The largest absolute Gasteiger partial charge is 0.393 e. The zero-order chi connectivity index (χ0) is 12.2. The molecule has 0 heterocycles. The van der Waals surface area contributed by atoms with E-state index in [4.69, 9.17) is 0 Å². The molecule has 1 saturated carbocycles. The smallest absolute Gasteiger partial charge is 0.211 e. The molecule has 0 bridgehead atoms. The van der Waals surface area contributed by atoms with Crippen LogP contribution >= 0.6 is 0 Å². The molecule has 0 aromatic heterocycles. The molecule has 3 atom stereocenters. The van der Waals surface area contributed by atoms with Gasteiger partial charge in [-0.15, -0.1) is 0 Å². The lowest BCUT2D eigenvalue weighted by Crippen LogP contribution is -2.34. The van der Waals surface area contributed by atoms with Crippen LogP contribution in [0, 0.1) is 12.3 Å². The van der Waals surface area contributed by atoms with E-state index in [9.17, 15) is 18.6 Å². The Balaban J connectivity index is 2.34. The Kier molecular flexibility index (Phi) is 5.17. The molecule has 6 heteroatoms. The molecular weight excluding hydrogens is 230 g/mol. The number of sulfonamides is 1. The Morgan fingerprint density at radius 1 is 1.44 bits per heavy atom. The SMILES string of the molecule is CCCCS(=O)(=O)NCC1[CH]C(O)CC1O. The van der Waals surface area contributed by atoms with Gasteiger partial charge in [0.25, 0.3) is 0 Å². The van der Waals surface area contributed by atoms with Crippen molar-refractivity contribution in [3.8, 4) is 0 Å². The fourth-order valence-electron chi connectivity index (χ4n) is 1.75. The average Bonchev–Trinajstić information content (AvgIpc) is 2.52. The zero-order valence-electron chi connectivity index (χ0n) is 9.46. The molecule has 0 aromatic rings. The van der Waals surface area contributed by atoms with Gasteiger partial charge in [0.05, 0.1) is 18.0 Å². The normalized spacial score (nSPS) is 30.8. The number of rotatable bonds is 6. The van der Waals surface area contributed by atoms with Crippen molar-refractivity contribution in [2.24, 2.45) is 5.92 Å². The van der Waals surface area contributed by atoms with Crippen LogP contribution in [0.2, 0.25) is 0 Å². The van der Waals surface area contributed by atoms with Crippen LogP contribution in [0.25, 0.3) is 0 Å². The van der Waals surface area contributed by atoms with Crippen molar-refractivity contribution in [3.05, 3.63) is 6.42 Å². The summed E-state index contributed by atoms with van der Waals surface area (Å²) in [6.07, 6.45) is 2.07. The maximum absolute atomic E-state index is 11.5. The van der Waals surface area contributed by atoms with Crippen molar-refractivity contribution in [3.63, 3.8) is 0 Å². The number of nitrogens with one attached hydrogen (secondary N) is 1. The summed E-state index contributed by atoms with van der Waals surface area (Å²) < 4.78 is 25.4. The first-order chi connectivity index (χ1) is 7.44. The van der Waals surface area contributed by atoms with E-state index in [1.165, 1.54) is 0 Å². The van der Waals surface area contributed by atoms with Crippen LogP contribution in [-0.4, -0.2) is 43.1 Å². The lowest BCUT2D eigenvalue weighted by molar-refractivity contribution is 0.121. The van der Waals surface area contributed by atoms with Crippen LogP contribution in [0.3, 0.4) is 0 Å². The van der Waals surface area contributed by atoms with E-state index in [2.05, 4.69) is 4.72 Å². The maximum atomic E-state index is 11.5. The lowest BCUT2D eigenvalue weighted by Gasteiger charge is -2.14. The van der Waals surface area contributed by atoms with Gasteiger partial charge < -0.3 is 10.2 Å². The monoisotopic (exact) mass is 250 g/mol. The Labute approximate surface area is 96.9 Å². The molecule has 1 aliphatic carbocycles. The van der Waals surface area contributed by atoms with Gasteiger partial charge in [0.15, 0.2) is 0 Å². The number of aliphatic hydroxyl groups is 2. The van der Waals surface area contributed by atoms with Gasteiger partial charge in [-0.25, -0.2) is 13.1 Å². The van der Waals surface area contributed by atoms with Crippen molar-refractivity contribution in [1.82, 2.24) is 4.72 Å². The maximum Gasteiger partial charge on any atom is 0.211 e. The van der Waals surface area contributed by atoms with Crippen LogP contribution in [0.1, 0.15) is 26.2 Å². The fourth-order valence-corrected chi connectivity index (χ4v) is 3.01. The molecule has 1 rings (SSSR count). The number of unbranched alkanes of at least 4 members (excludes halogenated alkanes) is 1. The molecule has 16 heavy (non-hydrogen) atoms. The van der Waals surface area contributed by atoms with Crippen LogP contribution in [0.15, 0.2) is 0 Å². The number of hydrogen-bond donors (Lipinski definition) is 3. The third-order valence-electron chi connectivity index (χ3n) is 2.75. The van der Waals surface area contributed by atoms with E-state index >= 15 is 0 Å². The molecule has 0 aliphatic heterocycles. The minimum absolute atomic E-state index is 0.120. The third kappa shape index (κ3) is 4.37. The Morgan fingerprint density at radius 2 is 2.12 bits per heavy atom. The van der Waals surface area contributed by atoms with Gasteiger partial charge in [-0.1, -0.05) is 13.3 Å². The van der Waals surface area contributed by atoms with Crippen molar-refractivity contribution >= 4 is 10.0 Å². The van der Waals surface area contributed by atoms with Gasteiger partial charge in [0.1, 0.15) is 0 Å². The topological polar surface area (TPSA) is 86.6 Å². The molecule has 1 radical (unpaired) electrons. The first-order valence-corrected chi connectivity index (χ1v) is 7.28. The van der Waals surface area contributed by atoms with Crippen LogP contribution in [0.5, 0.6) is 0 Å². The van der Waals surface area contributed by atoms with Gasteiger partial charge in [0.2, 0.25) is 10.0 Å².